The average Bonchev–Trinajstić information content (AvgIpc) is 3.59. The van der Waals surface area contributed by atoms with Crippen molar-refractivity contribution in [2.75, 3.05) is 4.90 Å². The number of anilines is 1. The summed E-state index contributed by atoms with van der Waals surface area (Å²) >= 11 is 0. The number of carbonyl (C=O) groups excluding carboxylic acids is 2. The van der Waals surface area contributed by atoms with E-state index in [9.17, 15) is 14.0 Å². The molecule has 1 aliphatic carbocycles. The van der Waals surface area contributed by atoms with Crippen molar-refractivity contribution >= 4 is 17.5 Å². The molecule has 0 spiro atoms. The second kappa shape index (κ2) is 9.45. The lowest BCUT2D eigenvalue weighted by Crippen LogP contribution is -2.43. The van der Waals surface area contributed by atoms with Crippen molar-refractivity contribution in [3.63, 3.8) is 0 Å². The van der Waals surface area contributed by atoms with Crippen LogP contribution < -0.4 is 15.4 Å². The highest BCUT2D eigenvalue weighted by Crippen LogP contribution is 2.48. The summed E-state index contributed by atoms with van der Waals surface area (Å²) in [4.78, 5) is 31.0. The minimum atomic E-state index is -1.31. The molecular formula is C27H23F2N5O3. The largest absolute Gasteiger partial charge is 0.454 e. The fraction of sp³-hybridized carbons (Fsp3) is 0.185. The average molecular weight is 504 g/mol. The molecule has 2 heterocycles. The quantitative estimate of drug-likeness (QED) is 0.360. The lowest BCUT2D eigenvalue weighted by molar-refractivity contribution is -0.133. The van der Waals surface area contributed by atoms with Gasteiger partial charge in [0.1, 0.15) is 17.0 Å². The van der Waals surface area contributed by atoms with Gasteiger partial charge in [0.25, 0.3) is 0 Å². The van der Waals surface area contributed by atoms with E-state index in [4.69, 9.17) is 10.5 Å². The normalized spacial score (nSPS) is 13.7. The molecule has 0 saturated heterocycles. The Balaban J connectivity index is 1.42. The van der Waals surface area contributed by atoms with E-state index in [-0.39, 0.29) is 18.0 Å². The van der Waals surface area contributed by atoms with Gasteiger partial charge in [0.15, 0.2) is 11.6 Å². The van der Waals surface area contributed by atoms with Gasteiger partial charge in [-0.15, -0.1) is 0 Å². The number of rotatable bonds is 8. The number of carbonyl (C=O) groups is 2. The molecule has 1 fully saturated rings. The predicted molar refractivity (Wildman–Crippen MR) is 131 cm³/mol. The smallest absolute Gasteiger partial charge is 0.242 e. The van der Waals surface area contributed by atoms with E-state index >= 15 is 4.39 Å². The van der Waals surface area contributed by atoms with E-state index in [0.29, 0.717) is 29.8 Å². The molecule has 0 unspecified atom stereocenters. The zero-order valence-corrected chi connectivity index (χ0v) is 19.9. The molecule has 0 atom stereocenters. The van der Waals surface area contributed by atoms with Crippen LogP contribution in [0.3, 0.4) is 0 Å². The van der Waals surface area contributed by atoms with E-state index in [1.807, 2.05) is 0 Å². The number of amides is 2. The molecular weight excluding hydrogens is 480 g/mol. The Hall–Kier alpha value is -4.60. The third-order valence-corrected chi connectivity index (χ3v) is 6.32. The van der Waals surface area contributed by atoms with Gasteiger partial charge >= 0.3 is 0 Å². The van der Waals surface area contributed by atoms with Crippen LogP contribution in [0.25, 0.3) is 11.3 Å². The van der Waals surface area contributed by atoms with Gasteiger partial charge in [-0.05, 0) is 48.7 Å². The molecule has 10 heteroatoms. The van der Waals surface area contributed by atoms with E-state index in [1.54, 1.807) is 42.5 Å². The second-order valence-corrected chi connectivity index (χ2v) is 8.96. The second-order valence-electron chi connectivity index (χ2n) is 8.96. The molecule has 2 aromatic carbocycles. The fourth-order valence-corrected chi connectivity index (χ4v) is 4.06. The fourth-order valence-electron chi connectivity index (χ4n) is 4.06. The highest BCUT2D eigenvalue weighted by molar-refractivity contribution is 6.13. The lowest BCUT2D eigenvalue weighted by Gasteiger charge is -2.27. The summed E-state index contributed by atoms with van der Waals surface area (Å²) in [6.45, 7) is 0.00656. The Labute approximate surface area is 211 Å². The molecule has 0 radical (unpaired) electrons. The van der Waals surface area contributed by atoms with Crippen LogP contribution in [0, 0.1) is 17.0 Å². The van der Waals surface area contributed by atoms with Crippen molar-refractivity contribution in [1.29, 1.82) is 0 Å². The van der Waals surface area contributed by atoms with Gasteiger partial charge in [0, 0.05) is 42.8 Å². The molecule has 1 saturated carbocycles. The number of hydrogen-bond donors (Lipinski definition) is 1. The summed E-state index contributed by atoms with van der Waals surface area (Å²) in [6, 6.07) is 12.9. The zero-order chi connectivity index (χ0) is 26.2. The summed E-state index contributed by atoms with van der Waals surface area (Å²) in [7, 11) is 1.79. The third-order valence-electron chi connectivity index (χ3n) is 6.32. The summed E-state index contributed by atoms with van der Waals surface area (Å²) in [5.74, 6) is -2.06. The standard InChI is InChI=1S/C27H23F2N5O3/c1-33-16-18(14-32-33)23-13-21(8-11-31-23)37-24-7-6-20(12-22(24)29)34(15-17-2-4-19(28)5-3-17)26(36)27(9-10-27)25(30)35/h2-8,11-14,16H,9-10,15H2,1H3,(H2,30,35). The maximum atomic E-state index is 15.2. The van der Waals surface area contributed by atoms with Crippen molar-refractivity contribution < 1.29 is 23.1 Å². The number of nitrogens with zero attached hydrogens (tertiary/aromatic N) is 4. The highest BCUT2D eigenvalue weighted by Gasteiger charge is 2.57. The molecule has 2 aromatic heterocycles. The summed E-state index contributed by atoms with van der Waals surface area (Å²) in [6.07, 6.45) is 5.66. The van der Waals surface area contributed by atoms with Gasteiger partial charge in [-0.3, -0.25) is 19.3 Å². The first-order chi connectivity index (χ1) is 17.7. The Morgan fingerprint density at radius 1 is 1.11 bits per heavy atom. The van der Waals surface area contributed by atoms with Crippen molar-refractivity contribution in [3.8, 4) is 22.8 Å². The van der Waals surface area contributed by atoms with E-state index in [1.165, 1.54) is 41.3 Å². The van der Waals surface area contributed by atoms with Crippen LogP contribution in [0.5, 0.6) is 11.5 Å². The predicted octanol–water partition coefficient (Wildman–Crippen LogP) is 4.35. The van der Waals surface area contributed by atoms with Gasteiger partial charge in [-0.2, -0.15) is 5.10 Å². The van der Waals surface area contributed by atoms with Crippen LogP contribution in [0.15, 0.2) is 73.2 Å². The third kappa shape index (κ3) is 4.90. The van der Waals surface area contributed by atoms with Crippen molar-refractivity contribution in [3.05, 3.63) is 90.4 Å². The Bertz CT molecular complexity index is 1480. The first-order valence-electron chi connectivity index (χ1n) is 11.5. The number of pyridine rings is 1. The summed E-state index contributed by atoms with van der Waals surface area (Å²) < 4.78 is 36.0. The molecule has 188 valence electrons. The van der Waals surface area contributed by atoms with Gasteiger partial charge in [0.05, 0.1) is 18.4 Å². The highest BCUT2D eigenvalue weighted by atomic mass is 19.1. The molecule has 2 N–H and O–H groups in total. The van der Waals surface area contributed by atoms with Crippen LogP contribution in [0.2, 0.25) is 0 Å². The number of primary amides is 1. The summed E-state index contributed by atoms with van der Waals surface area (Å²) in [5.41, 5.74) is 6.42. The molecule has 8 nitrogen and oxygen atoms in total. The van der Waals surface area contributed by atoms with Crippen molar-refractivity contribution in [2.24, 2.45) is 18.2 Å². The van der Waals surface area contributed by atoms with Crippen molar-refractivity contribution in [1.82, 2.24) is 14.8 Å². The monoisotopic (exact) mass is 503 g/mol. The Morgan fingerprint density at radius 3 is 2.49 bits per heavy atom. The Kier molecular flexibility index (Phi) is 6.16. The minimum absolute atomic E-state index is 0.00656. The van der Waals surface area contributed by atoms with Crippen molar-refractivity contribution in [2.45, 2.75) is 19.4 Å². The van der Waals surface area contributed by atoms with Crippen LogP contribution >= 0.6 is 0 Å². The molecule has 4 aromatic rings. The zero-order valence-electron chi connectivity index (χ0n) is 19.9. The first-order valence-corrected chi connectivity index (χ1v) is 11.5. The van der Waals surface area contributed by atoms with Gasteiger partial charge in [-0.25, -0.2) is 8.78 Å². The molecule has 37 heavy (non-hydrogen) atoms. The maximum absolute atomic E-state index is 15.2. The number of benzene rings is 2. The number of nitrogens with two attached hydrogens (primary N) is 1. The maximum Gasteiger partial charge on any atom is 0.242 e. The Morgan fingerprint density at radius 2 is 1.86 bits per heavy atom. The molecule has 5 rings (SSSR count). The first kappa shape index (κ1) is 24.1. The number of halogens is 2. The topological polar surface area (TPSA) is 103 Å². The molecule has 1 aliphatic rings. The summed E-state index contributed by atoms with van der Waals surface area (Å²) in [5, 5.41) is 4.12. The van der Waals surface area contributed by atoms with Gasteiger partial charge < -0.3 is 15.4 Å². The minimum Gasteiger partial charge on any atom is -0.454 e. The number of ether oxygens (including phenoxy) is 1. The number of aryl methyl sites for hydroxylation is 1. The van der Waals surface area contributed by atoms with E-state index in [2.05, 4.69) is 10.1 Å². The van der Waals surface area contributed by atoms with Crippen LogP contribution in [-0.2, 0) is 23.2 Å². The van der Waals surface area contributed by atoms with Gasteiger partial charge in [0.2, 0.25) is 11.8 Å². The van der Waals surface area contributed by atoms with E-state index < -0.39 is 28.9 Å². The molecule has 0 aliphatic heterocycles. The molecule has 0 bridgehead atoms. The SMILES string of the molecule is Cn1cc(-c2cc(Oc3ccc(N(Cc4ccc(F)cc4)C(=O)C4(C(N)=O)CC4)cc3F)ccn2)cn1. The number of aromatic nitrogens is 3. The van der Waals surface area contributed by atoms with Crippen LogP contribution in [-0.4, -0.2) is 26.6 Å². The van der Waals surface area contributed by atoms with E-state index in [0.717, 1.165) is 11.6 Å². The van der Waals surface area contributed by atoms with Crippen LogP contribution in [0.1, 0.15) is 18.4 Å². The lowest BCUT2D eigenvalue weighted by atomic mass is 10.0. The number of hydrogen-bond acceptors (Lipinski definition) is 5. The van der Waals surface area contributed by atoms with Gasteiger partial charge in [-0.1, -0.05) is 12.1 Å². The molecule has 2 amide bonds. The van der Waals surface area contributed by atoms with Crippen LogP contribution in [0.4, 0.5) is 14.5 Å².